The standard InChI is InChI=1S/C41H44F2N8O5.C20H43N7O/c1-50(30-14-15-34-33(22-30)32(16-18-45-34)38(54)47-25-37(53)51-26-41(42,43)23-31(51)24-44)19-9-8-17-46-39(55)36(21-29-12-6-3-7-13-29)49-40(56)35(48-27-52)20-28-10-4-2-5-11-28;1-3-4-5-18(28)25-20(13-22)15-24-7-6-23-14-19(2,12-21)16-26-8-10-27(17-20)11-9-26/h2-7,10-16,18,22,27,31,35-36H,8-9,17,19-21,23,25-26H2,1H3,(H,46,55)(H,47,54)(H,48,52)(H,49,56);23-24H,3-17,21-22H2,1-2H3,(H,25,28). The van der Waals surface area contributed by atoms with Gasteiger partial charge in [-0.25, -0.2) is 8.78 Å². The van der Waals surface area contributed by atoms with Crippen molar-refractivity contribution in [2.24, 2.45) is 16.9 Å². The van der Waals surface area contributed by atoms with Gasteiger partial charge in [0.25, 0.3) is 11.8 Å². The molecule has 4 aliphatic heterocycles. The number of benzene rings is 3. The van der Waals surface area contributed by atoms with Gasteiger partial charge in [0.2, 0.25) is 30.0 Å². The van der Waals surface area contributed by atoms with Gasteiger partial charge in [0.15, 0.2) is 0 Å². The maximum atomic E-state index is 13.8. The average Bonchev–Trinajstić information content (AvgIpc) is 3.46. The highest BCUT2D eigenvalue weighted by Gasteiger charge is 2.47. The van der Waals surface area contributed by atoms with Crippen LogP contribution in [0.15, 0.2) is 91.1 Å². The molecule has 1 aromatic heterocycles. The van der Waals surface area contributed by atoms with E-state index in [0.717, 1.165) is 93.5 Å². The number of carbonyl (C=O) groups is 6. The van der Waals surface area contributed by atoms with E-state index in [1.54, 1.807) is 18.2 Å². The van der Waals surface area contributed by atoms with E-state index in [0.29, 0.717) is 69.3 Å². The first-order valence-corrected chi connectivity index (χ1v) is 29.3. The van der Waals surface area contributed by atoms with Gasteiger partial charge in [-0.05, 0) is 54.7 Å². The molecule has 4 aliphatic rings. The number of pyridine rings is 1. The summed E-state index contributed by atoms with van der Waals surface area (Å²) >= 11 is 0. The Morgan fingerprint density at radius 3 is 2.12 bits per heavy atom. The number of likely N-dealkylation sites (tertiary alicyclic amines) is 1. The molecule has 0 radical (unpaired) electrons. The third-order valence-corrected chi connectivity index (χ3v) is 15.7. The summed E-state index contributed by atoms with van der Waals surface area (Å²) in [6, 6.07) is 24.3. The number of hydrogen-bond donors (Lipinski definition) is 9. The number of amides is 6. The van der Waals surface area contributed by atoms with Gasteiger partial charge in [-0.3, -0.25) is 38.7 Å². The molecule has 4 aromatic rings. The molecule has 0 aliphatic carbocycles. The zero-order chi connectivity index (χ0) is 60.5. The van der Waals surface area contributed by atoms with Crippen LogP contribution < -0.4 is 53.6 Å². The summed E-state index contributed by atoms with van der Waals surface area (Å²) in [5.41, 5.74) is 15.3. The number of piperazine rings is 1. The van der Waals surface area contributed by atoms with E-state index in [4.69, 9.17) is 11.5 Å². The molecule has 21 nitrogen and oxygen atoms in total. The largest absolute Gasteiger partial charge is 0.375 e. The highest BCUT2D eigenvalue weighted by molar-refractivity contribution is 6.07. The van der Waals surface area contributed by atoms with Crippen molar-refractivity contribution in [1.82, 2.24) is 56.9 Å². The summed E-state index contributed by atoms with van der Waals surface area (Å²) in [7, 11) is 1.89. The number of nitrogens with one attached hydrogen (secondary N) is 7. The summed E-state index contributed by atoms with van der Waals surface area (Å²) in [6.45, 7) is 14.3. The quantitative estimate of drug-likeness (QED) is 0.0358. The number of aromatic nitrogens is 1. The second-order valence-electron chi connectivity index (χ2n) is 22.7. The van der Waals surface area contributed by atoms with Crippen LogP contribution in [-0.2, 0) is 36.8 Å². The topological polar surface area (TPSA) is 288 Å². The Morgan fingerprint density at radius 1 is 0.833 bits per heavy atom. The van der Waals surface area contributed by atoms with E-state index in [1.807, 2.05) is 78.7 Å². The summed E-state index contributed by atoms with van der Waals surface area (Å²) in [4.78, 5) is 88.5. The van der Waals surface area contributed by atoms with E-state index in [9.17, 15) is 42.8 Å². The molecule has 11 N–H and O–H groups in total. The van der Waals surface area contributed by atoms with E-state index in [2.05, 4.69) is 65.8 Å². The van der Waals surface area contributed by atoms with Crippen LogP contribution in [0.25, 0.3) is 10.9 Å². The Labute approximate surface area is 492 Å². The molecule has 8 rings (SSSR count). The van der Waals surface area contributed by atoms with Gasteiger partial charge in [0.05, 0.1) is 35.8 Å². The fourth-order valence-corrected chi connectivity index (χ4v) is 10.7. The molecule has 4 fully saturated rings. The third kappa shape index (κ3) is 20.3. The number of alkyl halides is 2. The molecular weight excluding hydrogens is 1080 g/mol. The molecule has 3 aromatic carbocycles. The lowest BCUT2D eigenvalue weighted by atomic mass is 9.89. The number of unbranched alkanes of at least 4 members (excludes halogenated alkanes) is 2. The minimum Gasteiger partial charge on any atom is -0.375 e. The SMILES string of the molecule is CCCCC(=O)NC1(CN)CNCCNCC(C)(CN)CN2CCN(CC2)C1.CN(CCCCNC(=O)C(Cc1ccccc1)NC(=O)C(Cc1ccccc1)NC=O)c1ccc2nccc(C(=O)NCC(=O)N3CC(F)(F)CC3C#N)c2c1. The molecule has 5 heterocycles. The fourth-order valence-electron chi connectivity index (χ4n) is 10.7. The predicted molar refractivity (Wildman–Crippen MR) is 321 cm³/mol. The van der Waals surface area contributed by atoms with Gasteiger partial charge in [0, 0.05) is 147 Å². The molecular formula is C61H87F2N15O6. The minimum absolute atomic E-state index is 0.0978. The molecule has 5 unspecified atom stereocenters. The molecule has 6 amide bonds. The van der Waals surface area contributed by atoms with Gasteiger partial charge in [-0.1, -0.05) is 80.9 Å². The zero-order valence-electron chi connectivity index (χ0n) is 49.0. The van der Waals surface area contributed by atoms with Crippen molar-refractivity contribution in [1.29, 1.82) is 5.26 Å². The van der Waals surface area contributed by atoms with Crippen molar-refractivity contribution in [3.8, 4) is 6.07 Å². The summed E-state index contributed by atoms with van der Waals surface area (Å²) in [5, 5.41) is 30.9. The summed E-state index contributed by atoms with van der Waals surface area (Å²) < 4.78 is 27.7. The number of halogens is 2. The predicted octanol–water partition coefficient (Wildman–Crippen LogP) is 1.91. The zero-order valence-corrected chi connectivity index (χ0v) is 49.0. The van der Waals surface area contributed by atoms with Gasteiger partial charge >= 0.3 is 0 Å². The van der Waals surface area contributed by atoms with Crippen molar-refractivity contribution < 1.29 is 37.5 Å². The lowest BCUT2D eigenvalue weighted by Gasteiger charge is -2.44. The van der Waals surface area contributed by atoms with E-state index in [1.165, 1.54) is 12.3 Å². The first kappa shape index (κ1) is 65.9. The molecule has 456 valence electrons. The first-order valence-electron chi connectivity index (χ1n) is 29.3. The highest BCUT2D eigenvalue weighted by Crippen LogP contribution is 2.32. The maximum absolute atomic E-state index is 13.8. The number of fused-ring (bicyclic) bond motifs is 12. The Hall–Kier alpha value is -7.20. The fraction of sp³-hybridized carbons (Fsp3) is 0.541. The van der Waals surface area contributed by atoms with Gasteiger partial charge in [-0.2, -0.15) is 5.26 Å². The smallest absolute Gasteiger partial charge is 0.268 e. The van der Waals surface area contributed by atoms with Crippen molar-refractivity contribution in [3.63, 3.8) is 0 Å². The van der Waals surface area contributed by atoms with Crippen LogP contribution in [0, 0.1) is 16.7 Å². The van der Waals surface area contributed by atoms with Crippen molar-refractivity contribution in [3.05, 3.63) is 108 Å². The van der Waals surface area contributed by atoms with Crippen LogP contribution in [0.1, 0.15) is 73.9 Å². The number of hydrogen-bond acceptors (Lipinski definition) is 15. The first-order chi connectivity index (χ1) is 40.4. The Balaban J connectivity index is 0.000000338. The second kappa shape index (κ2) is 32.7. The average molecular weight is 1160 g/mol. The maximum Gasteiger partial charge on any atom is 0.268 e. The Kier molecular flexibility index (Phi) is 25.7. The van der Waals surface area contributed by atoms with Crippen molar-refractivity contribution >= 4 is 52.5 Å². The van der Waals surface area contributed by atoms with Crippen molar-refractivity contribution in [2.75, 3.05) is 117 Å². The Bertz CT molecular complexity index is 2810. The van der Waals surface area contributed by atoms with Crippen LogP contribution in [0.4, 0.5) is 14.5 Å². The van der Waals surface area contributed by atoms with E-state index >= 15 is 0 Å². The number of nitrogens with zero attached hydrogens (tertiary/aromatic N) is 6. The van der Waals surface area contributed by atoms with E-state index in [-0.39, 0.29) is 35.6 Å². The summed E-state index contributed by atoms with van der Waals surface area (Å²) in [6.07, 6.45) is 5.55. The lowest BCUT2D eigenvalue weighted by molar-refractivity contribution is -0.131. The van der Waals surface area contributed by atoms with Crippen LogP contribution >= 0.6 is 0 Å². The normalized spacial score (nSPS) is 22.1. The Morgan fingerprint density at radius 2 is 1.49 bits per heavy atom. The highest BCUT2D eigenvalue weighted by atomic mass is 19.3. The molecule has 0 spiro atoms. The molecule has 5 atom stereocenters. The molecule has 2 bridgehead atoms. The molecule has 84 heavy (non-hydrogen) atoms. The molecule has 23 heteroatoms. The molecule has 0 saturated carbocycles. The van der Waals surface area contributed by atoms with Gasteiger partial charge in [-0.15, -0.1) is 0 Å². The number of rotatable bonds is 24. The summed E-state index contributed by atoms with van der Waals surface area (Å²) in [5.74, 6) is -5.22. The van der Waals surface area contributed by atoms with Gasteiger partial charge in [0.1, 0.15) is 18.1 Å². The monoisotopic (exact) mass is 1160 g/mol. The van der Waals surface area contributed by atoms with Gasteiger partial charge < -0.3 is 63.4 Å². The third-order valence-electron chi connectivity index (χ3n) is 15.7. The van der Waals surface area contributed by atoms with Crippen LogP contribution in [-0.4, -0.2) is 197 Å². The van der Waals surface area contributed by atoms with Crippen LogP contribution in [0.5, 0.6) is 0 Å². The minimum atomic E-state index is -3.16. The number of anilines is 1. The second-order valence-corrected chi connectivity index (χ2v) is 22.7. The number of nitrogens with two attached hydrogens (primary N) is 2. The number of nitriles is 1. The lowest BCUT2D eigenvalue weighted by Crippen LogP contribution is -2.66. The van der Waals surface area contributed by atoms with Crippen LogP contribution in [0.3, 0.4) is 0 Å². The number of carbonyl (C=O) groups excluding carboxylic acids is 6. The molecule has 4 saturated heterocycles. The van der Waals surface area contributed by atoms with Crippen LogP contribution in [0.2, 0.25) is 0 Å². The van der Waals surface area contributed by atoms with E-state index < -0.39 is 66.8 Å². The van der Waals surface area contributed by atoms with Crippen molar-refractivity contribution in [2.45, 2.75) is 94.8 Å².